The minimum absolute atomic E-state index is 0.0270. The summed E-state index contributed by atoms with van der Waals surface area (Å²) in [4.78, 5) is 41.6. The van der Waals surface area contributed by atoms with Gasteiger partial charge in [-0.25, -0.2) is 5.84 Å². The van der Waals surface area contributed by atoms with E-state index in [2.05, 4.69) is 10.3 Å². The molecule has 0 fully saturated rings. The number of hydrogen-bond acceptors (Lipinski definition) is 8. The van der Waals surface area contributed by atoms with Gasteiger partial charge in [0.2, 0.25) is 17.7 Å². The zero-order valence-corrected chi connectivity index (χ0v) is 23.7. The monoisotopic (exact) mass is 570 g/mol. The number of hydrazine groups is 1. The molecule has 0 saturated carbocycles. The van der Waals surface area contributed by atoms with Crippen molar-refractivity contribution in [3.63, 3.8) is 0 Å². The molecule has 0 spiro atoms. The van der Waals surface area contributed by atoms with Crippen LogP contribution >= 0.6 is 0 Å². The van der Waals surface area contributed by atoms with Crippen molar-refractivity contribution in [3.05, 3.63) is 95.3 Å². The molecule has 0 radical (unpaired) electrons. The van der Waals surface area contributed by atoms with Gasteiger partial charge in [0.25, 0.3) is 0 Å². The highest BCUT2D eigenvalue weighted by Crippen LogP contribution is 2.34. The molecule has 0 bridgehead atoms. The highest BCUT2D eigenvalue weighted by Gasteiger charge is 2.28. The lowest BCUT2D eigenvalue weighted by Crippen LogP contribution is -2.44. The molecule has 218 valence electrons. The maximum Gasteiger partial charge on any atom is 0.249 e. The van der Waals surface area contributed by atoms with Crippen LogP contribution in [0.25, 0.3) is 10.8 Å². The normalized spacial score (nSPS) is 11.6. The number of nitrogens with one attached hydrogen (secondary N) is 1. The van der Waals surface area contributed by atoms with Crippen molar-refractivity contribution in [1.82, 2.24) is 10.3 Å². The fourth-order valence-electron chi connectivity index (χ4n) is 4.50. The standard InChI is InChI=1S/C31H34N6O5/c1-4-41-27-15-21(6-8-26(27)42-18(2)3)28(37(34)25-7-5-22-17-35-10-9-20(22)14-25)31(40)36-16-19-11-23(29(32)38)13-24(12-19)30(33)39/h5-15,17-18,28H,4,16,34H2,1-3H3,(H2,32,38)(H2,33,39)(H,36,40). The summed E-state index contributed by atoms with van der Waals surface area (Å²) in [6, 6.07) is 15.9. The molecule has 3 amide bonds. The van der Waals surface area contributed by atoms with Crippen LogP contribution in [-0.4, -0.2) is 35.4 Å². The summed E-state index contributed by atoms with van der Waals surface area (Å²) >= 11 is 0. The molecule has 0 saturated heterocycles. The second-order valence-corrected chi connectivity index (χ2v) is 9.89. The van der Waals surface area contributed by atoms with Crippen molar-refractivity contribution in [2.45, 2.75) is 39.5 Å². The van der Waals surface area contributed by atoms with Crippen molar-refractivity contribution >= 4 is 34.2 Å². The molecule has 11 heteroatoms. The van der Waals surface area contributed by atoms with E-state index in [9.17, 15) is 14.4 Å². The van der Waals surface area contributed by atoms with Crippen molar-refractivity contribution < 1.29 is 23.9 Å². The van der Waals surface area contributed by atoms with Crippen LogP contribution in [0, 0.1) is 0 Å². The Labute approximate surface area is 243 Å². The van der Waals surface area contributed by atoms with E-state index in [0.29, 0.717) is 34.9 Å². The molecule has 0 aliphatic heterocycles. The van der Waals surface area contributed by atoms with Gasteiger partial charge >= 0.3 is 0 Å². The number of benzene rings is 3. The molecule has 1 atom stereocenters. The smallest absolute Gasteiger partial charge is 0.249 e. The number of hydrogen-bond donors (Lipinski definition) is 4. The van der Waals surface area contributed by atoms with Crippen LogP contribution in [0.4, 0.5) is 5.69 Å². The SMILES string of the molecule is CCOc1cc(C(C(=O)NCc2cc(C(N)=O)cc(C(N)=O)c2)N(N)c2ccc3cnccc3c2)ccc1OC(C)C. The van der Waals surface area contributed by atoms with Crippen LogP contribution in [0.1, 0.15) is 58.7 Å². The van der Waals surface area contributed by atoms with Crippen LogP contribution in [-0.2, 0) is 11.3 Å². The number of anilines is 1. The number of carbonyl (C=O) groups is 3. The molecule has 4 rings (SSSR count). The first-order valence-electron chi connectivity index (χ1n) is 13.4. The fraction of sp³-hybridized carbons (Fsp3) is 0.226. The Morgan fingerprint density at radius 1 is 0.905 bits per heavy atom. The number of carbonyl (C=O) groups excluding carboxylic acids is 3. The minimum atomic E-state index is -1.01. The van der Waals surface area contributed by atoms with Gasteiger partial charge in [-0.15, -0.1) is 0 Å². The Morgan fingerprint density at radius 2 is 1.62 bits per heavy atom. The van der Waals surface area contributed by atoms with Gasteiger partial charge in [-0.05, 0) is 85.8 Å². The molecule has 3 aromatic carbocycles. The van der Waals surface area contributed by atoms with Gasteiger partial charge in [0.1, 0.15) is 6.04 Å². The van der Waals surface area contributed by atoms with E-state index in [1.165, 1.54) is 23.2 Å². The quantitative estimate of drug-likeness (QED) is 0.148. The number of ether oxygens (including phenoxy) is 2. The average molecular weight is 571 g/mol. The Morgan fingerprint density at radius 3 is 2.26 bits per heavy atom. The second-order valence-electron chi connectivity index (χ2n) is 9.89. The summed E-state index contributed by atoms with van der Waals surface area (Å²) in [5.41, 5.74) is 12.6. The van der Waals surface area contributed by atoms with Crippen LogP contribution in [0.15, 0.2) is 73.1 Å². The highest BCUT2D eigenvalue weighted by atomic mass is 16.5. The number of primary amides is 2. The molecular weight excluding hydrogens is 536 g/mol. The van der Waals surface area contributed by atoms with Gasteiger partial charge in [-0.2, -0.15) is 0 Å². The summed E-state index contributed by atoms with van der Waals surface area (Å²) in [5.74, 6) is 5.78. The summed E-state index contributed by atoms with van der Waals surface area (Å²) in [5, 5.41) is 6.06. The Kier molecular flexibility index (Phi) is 9.23. The Balaban J connectivity index is 1.72. The third-order valence-corrected chi connectivity index (χ3v) is 6.42. The number of fused-ring (bicyclic) bond motifs is 1. The number of rotatable bonds is 12. The lowest BCUT2D eigenvalue weighted by atomic mass is 10.0. The van der Waals surface area contributed by atoms with Gasteiger partial charge in [-0.1, -0.05) is 12.1 Å². The predicted octanol–water partition coefficient (Wildman–Crippen LogP) is 3.36. The first kappa shape index (κ1) is 29.8. The van der Waals surface area contributed by atoms with Crippen molar-refractivity contribution in [3.8, 4) is 11.5 Å². The third kappa shape index (κ3) is 6.94. The third-order valence-electron chi connectivity index (χ3n) is 6.42. The Hall–Kier alpha value is -5.16. The molecule has 1 aromatic heterocycles. The zero-order valence-electron chi connectivity index (χ0n) is 23.7. The van der Waals surface area contributed by atoms with Crippen LogP contribution < -0.4 is 37.1 Å². The molecule has 4 aromatic rings. The van der Waals surface area contributed by atoms with Crippen molar-refractivity contribution in [2.75, 3.05) is 11.6 Å². The molecular formula is C31H34N6O5. The van der Waals surface area contributed by atoms with Gasteiger partial charge < -0.3 is 26.3 Å². The first-order valence-corrected chi connectivity index (χ1v) is 13.4. The van der Waals surface area contributed by atoms with Crippen LogP contribution in [0.5, 0.6) is 11.5 Å². The lowest BCUT2D eigenvalue weighted by molar-refractivity contribution is -0.122. The number of nitrogens with zero attached hydrogens (tertiary/aromatic N) is 2. The molecule has 1 unspecified atom stereocenters. The predicted molar refractivity (Wildman–Crippen MR) is 160 cm³/mol. The maximum atomic E-state index is 13.9. The van der Waals surface area contributed by atoms with Gasteiger partial charge in [-0.3, -0.25) is 24.4 Å². The van der Waals surface area contributed by atoms with E-state index < -0.39 is 23.8 Å². The van der Waals surface area contributed by atoms with Gasteiger partial charge in [0.05, 0.1) is 18.4 Å². The van der Waals surface area contributed by atoms with E-state index in [-0.39, 0.29) is 23.8 Å². The summed E-state index contributed by atoms with van der Waals surface area (Å²) in [7, 11) is 0. The van der Waals surface area contributed by atoms with Crippen LogP contribution in [0.2, 0.25) is 0 Å². The largest absolute Gasteiger partial charge is 0.490 e. The summed E-state index contributed by atoms with van der Waals surface area (Å²) in [6.45, 7) is 6.04. The molecule has 42 heavy (non-hydrogen) atoms. The lowest BCUT2D eigenvalue weighted by Gasteiger charge is -2.29. The van der Waals surface area contributed by atoms with Crippen molar-refractivity contribution in [2.24, 2.45) is 17.3 Å². The number of nitrogens with two attached hydrogens (primary N) is 3. The first-order chi connectivity index (χ1) is 20.1. The number of amides is 3. The molecule has 1 heterocycles. The fourth-order valence-corrected chi connectivity index (χ4v) is 4.50. The molecule has 7 N–H and O–H groups in total. The number of pyridine rings is 1. The van der Waals surface area contributed by atoms with E-state index in [1.54, 1.807) is 36.7 Å². The van der Waals surface area contributed by atoms with Gasteiger partial charge in [0.15, 0.2) is 11.5 Å². The zero-order chi connectivity index (χ0) is 30.4. The van der Waals surface area contributed by atoms with Crippen molar-refractivity contribution in [1.29, 1.82) is 0 Å². The van der Waals surface area contributed by atoms with E-state index in [1.807, 2.05) is 39.0 Å². The summed E-state index contributed by atoms with van der Waals surface area (Å²) < 4.78 is 11.7. The highest BCUT2D eigenvalue weighted by molar-refractivity contribution is 5.99. The maximum absolute atomic E-state index is 13.9. The van der Waals surface area contributed by atoms with Crippen LogP contribution in [0.3, 0.4) is 0 Å². The van der Waals surface area contributed by atoms with E-state index in [4.69, 9.17) is 26.8 Å². The Bertz CT molecular complexity index is 1590. The average Bonchev–Trinajstić information content (AvgIpc) is 2.96. The van der Waals surface area contributed by atoms with E-state index in [0.717, 1.165) is 10.8 Å². The number of aromatic nitrogens is 1. The van der Waals surface area contributed by atoms with Gasteiger partial charge in [0, 0.05) is 35.5 Å². The minimum Gasteiger partial charge on any atom is -0.490 e. The topological polar surface area (TPSA) is 176 Å². The second kappa shape index (κ2) is 13.0. The van der Waals surface area contributed by atoms with E-state index >= 15 is 0 Å². The molecule has 11 nitrogen and oxygen atoms in total. The molecule has 0 aliphatic rings. The molecule has 0 aliphatic carbocycles. The summed E-state index contributed by atoms with van der Waals surface area (Å²) in [6.07, 6.45) is 3.33.